The summed E-state index contributed by atoms with van der Waals surface area (Å²) in [6.07, 6.45) is -4.55. The van der Waals surface area contributed by atoms with Crippen LogP contribution in [0.1, 0.15) is 6.92 Å². The molecule has 6 heteroatoms. The molecule has 0 aliphatic carbocycles. The van der Waals surface area contributed by atoms with Gasteiger partial charge in [-0.3, -0.25) is 4.74 Å². The van der Waals surface area contributed by atoms with Crippen LogP contribution in [0.4, 0.5) is 13.2 Å². The van der Waals surface area contributed by atoms with Crippen molar-refractivity contribution in [2.24, 2.45) is 5.92 Å². The van der Waals surface area contributed by atoms with E-state index in [9.17, 15) is 13.2 Å². The van der Waals surface area contributed by atoms with E-state index in [0.29, 0.717) is 6.54 Å². The fourth-order valence-corrected chi connectivity index (χ4v) is 0.652. The van der Waals surface area contributed by atoms with E-state index in [-0.39, 0.29) is 19.1 Å². The summed E-state index contributed by atoms with van der Waals surface area (Å²) in [6, 6.07) is 0. The lowest BCUT2D eigenvalue weighted by Gasteiger charge is -2.10. The number of nitrogens with one attached hydrogen (secondary N) is 1. The second-order valence-corrected chi connectivity index (χ2v) is 2.79. The summed E-state index contributed by atoms with van der Waals surface area (Å²) in [7, 11) is 0. The van der Waals surface area contributed by atoms with Crippen LogP contribution in [0.5, 0.6) is 0 Å². The van der Waals surface area contributed by atoms with Crippen LogP contribution in [-0.4, -0.2) is 37.8 Å². The molecular formula is C7H14F3NO2. The minimum Gasteiger partial charge on any atom is -0.396 e. The molecule has 0 aliphatic heterocycles. The van der Waals surface area contributed by atoms with Crippen LogP contribution in [0.2, 0.25) is 0 Å². The highest BCUT2D eigenvalue weighted by Crippen LogP contribution is 2.14. The molecule has 1 atom stereocenters. The first kappa shape index (κ1) is 12.7. The number of aliphatic hydroxyl groups excluding tert-OH is 1. The Balaban J connectivity index is 3.18. The van der Waals surface area contributed by atoms with Gasteiger partial charge in [0.25, 0.3) is 0 Å². The molecule has 2 N–H and O–H groups in total. The molecule has 0 spiro atoms. The van der Waals surface area contributed by atoms with Crippen molar-refractivity contribution in [3.8, 4) is 0 Å². The third kappa shape index (κ3) is 9.59. The summed E-state index contributed by atoms with van der Waals surface area (Å²) in [6.45, 7) is 2.02. The van der Waals surface area contributed by atoms with Crippen LogP contribution >= 0.6 is 0 Å². The van der Waals surface area contributed by atoms with E-state index in [4.69, 9.17) is 5.11 Å². The van der Waals surface area contributed by atoms with Crippen LogP contribution in [0.15, 0.2) is 0 Å². The molecular weight excluding hydrogens is 187 g/mol. The SMILES string of the molecule is CC(CO)CNCCOC(F)(F)F. The molecule has 0 saturated carbocycles. The van der Waals surface area contributed by atoms with Crippen molar-refractivity contribution < 1.29 is 23.0 Å². The Labute approximate surface area is 74.9 Å². The van der Waals surface area contributed by atoms with Crippen molar-refractivity contribution >= 4 is 0 Å². The summed E-state index contributed by atoms with van der Waals surface area (Å²) in [5, 5.41) is 11.3. The molecule has 0 aromatic carbocycles. The van der Waals surface area contributed by atoms with Crippen LogP contribution < -0.4 is 5.32 Å². The Morgan fingerprint density at radius 1 is 1.46 bits per heavy atom. The Morgan fingerprint density at radius 2 is 2.08 bits per heavy atom. The van der Waals surface area contributed by atoms with Crippen LogP contribution in [0.25, 0.3) is 0 Å². The number of alkyl halides is 3. The molecule has 80 valence electrons. The van der Waals surface area contributed by atoms with Gasteiger partial charge >= 0.3 is 6.36 Å². The minimum absolute atomic E-state index is 0.0210. The number of hydrogen-bond donors (Lipinski definition) is 2. The quantitative estimate of drug-likeness (QED) is 0.623. The van der Waals surface area contributed by atoms with Crippen molar-refractivity contribution in [2.75, 3.05) is 26.3 Å². The van der Waals surface area contributed by atoms with Gasteiger partial charge in [-0.05, 0) is 12.5 Å². The Bertz CT molecular complexity index is 129. The highest BCUT2D eigenvalue weighted by molar-refractivity contribution is 4.54. The summed E-state index contributed by atoms with van der Waals surface area (Å²) in [4.78, 5) is 0. The predicted molar refractivity (Wildman–Crippen MR) is 41.1 cm³/mol. The molecule has 0 bridgehead atoms. The second-order valence-electron chi connectivity index (χ2n) is 2.79. The Hall–Kier alpha value is -0.330. The van der Waals surface area contributed by atoms with Gasteiger partial charge in [0, 0.05) is 13.2 Å². The first-order valence-electron chi connectivity index (χ1n) is 3.98. The maximum atomic E-state index is 11.4. The molecule has 1 unspecified atom stereocenters. The molecule has 0 heterocycles. The Kier molecular flexibility index (Phi) is 6.02. The van der Waals surface area contributed by atoms with Crippen LogP contribution in [0, 0.1) is 5.92 Å². The van der Waals surface area contributed by atoms with Gasteiger partial charge in [-0.25, -0.2) is 0 Å². The van der Waals surface area contributed by atoms with Crippen molar-refractivity contribution in [2.45, 2.75) is 13.3 Å². The summed E-state index contributed by atoms with van der Waals surface area (Å²) >= 11 is 0. The smallest absolute Gasteiger partial charge is 0.396 e. The first-order valence-corrected chi connectivity index (χ1v) is 3.98. The van der Waals surface area contributed by atoms with Crippen molar-refractivity contribution in [3.05, 3.63) is 0 Å². The summed E-state index contributed by atoms with van der Waals surface area (Å²) < 4.78 is 37.8. The van der Waals surface area contributed by atoms with Crippen molar-refractivity contribution in [1.29, 1.82) is 0 Å². The molecule has 0 aromatic rings. The van der Waals surface area contributed by atoms with Gasteiger partial charge < -0.3 is 10.4 Å². The highest BCUT2D eigenvalue weighted by Gasteiger charge is 2.28. The van der Waals surface area contributed by atoms with E-state index in [1.807, 2.05) is 0 Å². The number of halogens is 3. The highest BCUT2D eigenvalue weighted by atomic mass is 19.4. The van der Waals surface area contributed by atoms with Gasteiger partial charge in [0.15, 0.2) is 0 Å². The molecule has 0 fully saturated rings. The fraction of sp³-hybridized carbons (Fsp3) is 1.00. The molecule has 0 amide bonds. The first-order chi connectivity index (χ1) is 5.95. The largest absolute Gasteiger partial charge is 0.522 e. The van der Waals surface area contributed by atoms with E-state index in [2.05, 4.69) is 10.1 Å². The average Bonchev–Trinajstić information content (AvgIpc) is 2.01. The predicted octanol–water partition coefficient (Wildman–Crippen LogP) is 0.741. The molecule has 0 aliphatic rings. The number of rotatable bonds is 6. The van der Waals surface area contributed by atoms with Gasteiger partial charge in [0.1, 0.15) is 0 Å². The minimum atomic E-state index is -4.55. The van der Waals surface area contributed by atoms with E-state index in [1.54, 1.807) is 6.92 Å². The lowest BCUT2D eigenvalue weighted by Crippen LogP contribution is -2.28. The van der Waals surface area contributed by atoms with E-state index < -0.39 is 13.0 Å². The van der Waals surface area contributed by atoms with E-state index in [0.717, 1.165) is 0 Å². The zero-order chi connectivity index (χ0) is 10.3. The van der Waals surface area contributed by atoms with Crippen molar-refractivity contribution in [1.82, 2.24) is 5.32 Å². The van der Waals surface area contributed by atoms with Gasteiger partial charge in [-0.15, -0.1) is 13.2 Å². The van der Waals surface area contributed by atoms with Gasteiger partial charge in [-0.2, -0.15) is 0 Å². The van der Waals surface area contributed by atoms with Crippen LogP contribution in [0.3, 0.4) is 0 Å². The number of ether oxygens (including phenoxy) is 1. The topological polar surface area (TPSA) is 41.5 Å². The maximum Gasteiger partial charge on any atom is 0.522 e. The second kappa shape index (κ2) is 6.17. The van der Waals surface area contributed by atoms with Crippen molar-refractivity contribution in [3.63, 3.8) is 0 Å². The maximum absolute atomic E-state index is 11.4. The standard InChI is InChI=1S/C7H14F3NO2/c1-6(5-12)4-11-2-3-13-7(8,9)10/h6,11-12H,2-5H2,1H3. The zero-order valence-electron chi connectivity index (χ0n) is 7.40. The van der Waals surface area contributed by atoms with Gasteiger partial charge in [0.05, 0.1) is 6.61 Å². The van der Waals surface area contributed by atoms with Gasteiger partial charge in [0.2, 0.25) is 0 Å². The monoisotopic (exact) mass is 201 g/mol. The third-order valence-corrected chi connectivity index (χ3v) is 1.35. The average molecular weight is 201 g/mol. The number of hydrogen-bond acceptors (Lipinski definition) is 3. The summed E-state index contributed by atoms with van der Waals surface area (Å²) in [5.74, 6) is 0.0471. The lowest BCUT2D eigenvalue weighted by molar-refractivity contribution is -0.323. The van der Waals surface area contributed by atoms with Gasteiger partial charge in [-0.1, -0.05) is 6.92 Å². The molecule has 0 aromatic heterocycles. The molecule has 0 radical (unpaired) electrons. The molecule has 0 rings (SSSR count). The molecule has 3 nitrogen and oxygen atoms in total. The number of aliphatic hydroxyl groups is 1. The zero-order valence-corrected chi connectivity index (χ0v) is 7.40. The molecule has 0 saturated heterocycles. The summed E-state index contributed by atoms with van der Waals surface area (Å²) in [5.41, 5.74) is 0. The third-order valence-electron chi connectivity index (χ3n) is 1.35. The Morgan fingerprint density at radius 3 is 2.54 bits per heavy atom. The normalized spacial score (nSPS) is 14.5. The van der Waals surface area contributed by atoms with E-state index in [1.165, 1.54) is 0 Å². The fourth-order valence-electron chi connectivity index (χ4n) is 0.652. The van der Waals surface area contributed by atoms with E-state index >= 15 is 0 Å². The molecule has 13 heavy (non-hydrogen) atoms. The lowest BCUT2D eigenvalue weighted by atomic mass is 10.2. The van der Waals surface area contributed by atoms with Crippen LogP contribution in [-0.2, 0) is 4.74 Å².